The first-order chi connectivity index (χ1) is 9.50. The molecule has 0 unspecified atom stereocenters. The number of likely N-dealkylation sites (N-methyl/N-ethyl adjacent to an activating group) is 1. The molecule has 0 aromatic heterocycles. The lowest BCUT2D eigenvalue weighted by atomic mass is 10.2. The number of nitrogens with zero attached hydrogens (tertiary/aromatic N) is 2. The van der Waals surface area contributed by atoms with Crippen molar-refractivity contribution in [3.63, 3.8) is 0 Å². The van der Waals surface area contributed by atoms with Crippen LogP contribution in [0.3, 0.4) is 0 Å². The summed E-state index contributed by atoms with van der Waals surface area (Å²) in [5.74, 6) is -3.13. The van der Waals surface area contributed by atoms with Crippen molar-refractivity contribution < 1.29 is 18.4 Å². The van der Waals surface area contributed by atoms with Gasteiger partial charge in [0.25, 0.3) is 5.91 Å². The number of amides is 2. The lowest BCUT2D eigenvalue weighted by Gasteiger charge is -2.21. The van der Waals surface area contributed by atoms with Gasteiger partial charge in [-0.25, -0.2) is 8.78 Å². The molecule has 1 fully saturated rings. The highest BCUT2D eigenvalue weighted by Crippen LogP contribution is 2.14. The Morgan fingerprint density at radius 2 is 1.90 bits per heavy atom. The molecule has 2 rings (SSSR count). The lowest BCUT2D eigenvalue weighted by molar-refractivity contribution is -0.130. The van der Waals surface area contributed by atoms with E-state index < -0.39 is 17.5 Å². The maximum absolute atomic E-state index is 13.5. The Morgan fingerprint density at radius 1 is 1.25 bits per heavy atom. The molecule has 1 aromatic carbocycles. The molecule has 0 bridgehead atoms. The van der Waals surface area contributed by atoms with E-state index in [0.717, 1.165) is 23.8 Å². The smallest absolute Gasteiger partial charge is 0.257 e. The Balaban J connectivity index is 2.04. The fraction of sp³-hybridized carbons (Fsp3) is 0.429. The number of hydrogen-bond donors (Lipinski definition) is 0. The highest BCUT2D eigenvalue weighted by molar-refractivity contribution is 5.96. The van der Waals surface area contributed by atoms with Crippen molar-refractivity contribution in [1.82, 2.24) is 9.80 Å². The Bertz CT molecular complexity index is 528. The molecule has 1 aromatic rings. The Morgan fingerprint density at radius 3 is 2.55 bits per heavy atom. The lowest BCUT2D eigenvalue weighted by Crippen LogP contribution is -2.40. The minimum atomic E-state index is -1.18. The number of likely N-dealkylation sites (tertiary alicyclic amines) is 1. The van der Waals surface area contributed by atoms with Gasteiger partial charge in [-0.2, -0.15) is 0 Å². The third-order valence-corrected chi connectivity index (χ3v) is 3.36. The average molecular weight is 282 g/mol. The van der Waals surface area contributed by atoms with Crippen LogP contribution in [-0.2, 0) is 4.79 Å². The minimum absolute atomic E-state index is 0.130. The molecule has 1 aliphatic rings. The zero-order chi connectivity index (χ0) is 14.7. The quantitative estimate of drug-likeness (QED) is 0.846. The first kappa shape index (κ1) is 14.4. The van der Waals surface area contributed by atoms with Crippen molar-refractivity contribution in [2.75, 3.05) is 26.7 Å². The van der Waals surface area contributed by atoms with Gasteiger partial charge in [0.05, 0.1) is 12.1 Å². The average Bonchev–Trinajstić information content (AvgIpc) is 2.95. The zero-order valence-electron chi connectivity index (χ0n) is 11.2. The number of hydrogen-bond acceptors (Lipinski definition) is 2. The third kappa shape index (κ3) is 2.95. The molecule has 2 amide bonds. The first-order valence-electron chi connectivity index (χ1n) is 6.48. The molecule has 4 nitrogen and oxygen atoms in total. The van der Waals surface area contributed by atoms with Gasteiger partial charge in [-0.1, -0.05) is 6.07 Å². The molecule has 0 spiro atoms. The second-order valence-corrected chi connectivity index (χ2v) is 4.85. The van der Waals surface area contributed by atoms with Gasteiger partial charge in [-0.05, 0) is 25.0 Å². The number of benzene rings is 1. The summed E-state index contributed by atoms with van der Waals surface area (Å²) in [6.45, 7) is 1.25. The molecular formula is C14H16F2N2O2. The van der Waals surface area contributed by atoms with Gasteiger partial charge in [0.2, 0.25) is 5.91 Å². The van der Waals surface area contributed by atoms with Crippen LogP contribution in [0.1, 0.15) is 23.2 Å². The summed E-state index contributed by atoms with van der Waals surface area (Å²) >= 11 is 0. The largest absolute Gasteiger partial charge is 0.341 e. The molecule has 0 atom stereocenters. The SMILES string of the molecule is CN(CC(=O)N1CCCC1)C(=O)c1cccc(F)c1F. The Hall–Kier alpha value is -1.98. The van der Waals surface area contributed by atoms with E-state index in [4.69, 9.17) is 0 Å². The van der Waals surface area contributed by atoms with E-state index in [1.807, 2.05) is 0 Å². The van der Waals surface area contributed by atoms with E-state index in [0.29, 0.717) is 13.1 Å². The van der Waals surface area contributed by atoms with Crippen LogP contribution in [-0.4, -0.2) is 48.3 Å². The monoisotopic (exact) mass is 282 g/mol. The van der Waals surface area contributed by atoms with Crippen molar-refractivity contribution in [3.05, 3.63) is 35.4 Å². The maximum atomic E-state index is 13.5. The van der Waals surface area contributed by atoms with Crippen LogP contribution < -0.4 is 0 Å². The van der Waals surface area contributed by atoms with Gasteiger partial charge < -0.3 is 9.80 Å². The summed E-state index contributed by atoms with van der Waals surface area (Å²) < 4.78 is 26.6. The van der Waals surface area contributed by atoms with E-state index in [1.165, 1.54) is 19.2 Å². The van der Waals surface area contributed by atoms with Gasteiger partial charge in [0, 0.05) is 20.1 Å². The predicted molar refractivity (Wildman–Crippen MR) is 69.1 cm³/mol. The molecule has 1 aliphatic heterocycles. The van der Waals surface area contributed by atoms with E-state index in [1.54, 1.807) is 4.90 Å². The van der Waals surface area contributed by atoms with Crippen LogP contribution in [0.4, 0.5) is 8.78 Å². The number of carbonyl (C=O) groups is 2. The molecule has 0 aliphatic carbocycles. The highest BCUT2D eigenvalue weighted by Gasteiger charge is 2.23. The maximum Gasteiger partial charge on any atom is 0.257 e. The molecule has 0 saturated carbocycles. The number of halogens is 2. The third-order valence-electron chi connectivity index (χ3n) is 3.36. The van der Waals surface area contributed by atoms with E-state index in [-0.39, 0.29) is 18.0 Å². The Labute approximate surface area is 116 Å². The first-order valence-corrected chi connectivity index (χ1v) is 6.48. The second kappa shape index (κ2) is 5.98. The summed E-state index contributed by atoms with van der Waals surface area (Å²) in [6, 6.07) is 3.42. The van der Waals surface area contributed by atoms with Gasteiger partial charge in [0.15, 0.2) is 11.6 Å². The van der Waals surface area contributed by atoms with Crippen LogP contribution in [0.2, 0.25) is 0 Å². The van der Waals surface area contributed by atoms with Gasteiger partial charge in [0.1, 0.15) is 0 Å². The van der Waals surface area contributed by atoms with E-state index in [2.05, 4.69) is 0 Å². The minimum Gasteiger partial charge on any atom is -0.341 e. The van der Waals surface area contributed by atoms with Gasteiger partial charge in [-0.15, -0.1) is 0 Å². The Kier molecular flexibility index (Phi) is 4.32. The van der Waals surface area contributed by atoms with Crippen molar-refractivity contribution in [2.24, 2.45) is 0 Å². The topological polar surface area (TPSA) is 40.6 Å². The van der Waals surface area contributed by atoms with E-state index in [9.17, 15) is 18.4 Å². The molecule has 1 saturated heterocycles. The predicted octanol–water partition coefficient (Wildman–Crippen LogP) is 1.66. The van der Waals surface area contributed by atoms with Crippen LogP contribution in [0.15, 0.2) is 18.2 Å². The van der Waals surface area contributed by atoms with Crippen LogP contribution in [0.25, 0.3) is 0 Å². The van der Waals surface area contributed by atoms with Crippen molar-refractivity contribution in [1.29, 1.82) is 0 Å². The number of rotatable bonds is 3. The summed E-state index contributed by atoms with van der Waals surface area (Å²) in [5.41, 5.74) is -0.360. The van der Waals surface area contributed by atoms with Crippen LogP contribution >= 0.6 is 0 Å². The molecule has 20 heavy (non-hydrogen) atoms. The number of carbonyl (C=O) groups excluding carboxylic acids is 2. The molecular weight excluding hydrogens is 266 g/mol. The molecule has 0 radical (unpaired) electrons. The summed E-state index contributed by atoms with van der Waals surface area (Å²) in [5, 5.41) is 0. The molecule has 108 valence electrons. The van der Waals surface area contributed by atoms with Crippen molar-refractivity contribution >= 4 is 11.8 Å². The van der Waals surface area contributed by atoms with Gasteiger partial charge >= 0.3 is 0 Å². The summed E-state index contributed by atoms with van der Waals surface area (Å²) in [7, 11) is 1.40. The second-order valence-electron chi connectivity index (χ2n) is 4.85. The van der Waals surface area contributed by atoms with Gasteiger partial charge in [-0.3, -0.25) is 9.59 Å². The van der Waals surface area contributed by atoms with Crippen LogP contribution in [0.5, 0.6) is 0 Å². The fourth-order valence-corrected chi connectivity index (χ4v) is 2.22. The van der Waals surface area contributed by atoms with Crippen LogP contribution in [0, 0.1) is 11.6 Å². The van der Waals surface area contributed by atoms with Crippen molar-refractivity contribution in [3.8, 4) is 0 Å². The van der Waals surface area contributed by atoms with Crippen molar-refractivity contribution in [2.45, 2.75) is 12.8 Å². The summed E-state index contributed by atoms with van der Waals surface area (Å²) in [6.07, 6.45) is 1.92. The summed E-state index contributed by atoms with van der Waals surface area (Å²) in [4.78, 5) is 26.7. The standard InChI is InChI=1S/C14H16F2N2O2/c1-17(9-12(19)18-7-2-3-8-18)14(20)10-5-4-6-11(15)13(10)16/h4-6H,2-3,7-9H2,1H3. The fourth-order valence-electron chi connectivity index (χ4n) is 2.22. The molecule has 1 heterocycles. The van der Waals surface area contributed by atoms with E-state index >= 15 is 0 Å². The highest BCUT2D eigenvalue weighted by atomic mass is 19.2. The molecule has 0 N–H and O–H groups in total. The molecule has 6 heteroatoms. The normalized spacial score (nSPS) is 14.4. The zero-order valence-corrected chi connectivity index (χ0v) is 11.2.